The molecule has 162 valence electrons. The number of phenolic OH excluding ortho intramolecular Hbond substituents is 1. The Labute approximate surface area is 185 Å². The highest BCUT2D eigenvalue weighted by Gasteiger charge is 2.26. The molecule has 2 aromatic rings. The van der Waals surface area contributed by atoms with Crippen LogP contribution in [0.3, 0.4) is 0 Å². The molecule has 30 heavy (non-hydrogen) atoms. The number of hydrogen-bond acceptors (Lipinski definition) is 10. The monoisotopic (exact) mass is 500 g/mol. The number of phenols is 1. The molecule has 1 aromatic heterocycles. The number of ether oxygens (including phenoxy) is 2. The summed E-state index contributed by atoms with van der Waals surface area (Å²) in [6, 6.07) is 0.912. The van der Waals surface area contributed by atoms with Crippen molar-refractivity contribution < 1.29 is 28.7 Å². The Kier molecular flexibility index (Phi) is 7.56. The number of aryl methyl sites for hydroxylation is 1. The third-order valence-electron chi connectivity index (χ3n) is 4.24. The van der Waals surface area contributed by atoms with E-state index in [1.54, 1.807) is 6.92 Å². The number of esters is 1. The van der Waals surface area contributed by atoms with Crippen LogP contribution in [0, 0.1) is 6.92 Å². The number of hydrogen-bond donors (Lipinski definition) is 3. The molecule has 1 aliphatic rings. The molecule has 0 bridgehead atoms. The predicted octanol–water partition coefficient (Wildman–Crippen LogP) is 1.71. The van der Waals surface area contributed by atoms with E-state index in [2.05, 4.69) is 36.7 Å². The second-order valence-electron chi connectivity index (χ2n) is 6.39. The second-order valence-corrected chi connectivity index (χ2v) is 8.22. The minimum absolute atomic E-state index is 0.0424. The quantitative estimate of drug-likeness (QED) is 0.522. The average Bonchev–Trinajstić information content (AvgIpc) is 3.14. The molecule has 0 saturated heterocycles. The lowest BCUT2D eigenvalue weighted by Gasteiger charge is -2.19. The number of aromatic nitrogens is 2. The first-order chi connectivity index (χ1) is 14.4. The molecular weight excluding hydrogens is 480 g/mol. The minimum Gasteiger partial charge on any atom is -0.507 e. The zero-order valence-electron chi connectivity index (χ0n) is 16.4. The molecule has 2 heterocycles. The Morgan fingerprint density at radius 2 is 2.20 bits per heavy atom. The van der Waals surface area contributed by atoms with Gasteiger partial charge in [-0.1, -0.05) is 5.16 Å². The SMILES string of the molecule is COc1cc(O)c2c(c1Br)C(=O)OCCNCC(=O)N[C@H](c1nc(C)no1)CSC2. The Balaban J connectivity index is 1.91. The number of cyclic esters (lactones) is 1. The van der Waals surface area contributed by atoms with Gasteiger partial charge in [-0.15, -0.1) is 0 Å². The fraction of sp³-hybridized carbons (Fsp3) is 0.444. The number of fused-ring (bicyclic) bond motifs is 1. The van der Waals surface area contributed by atoms with Gasteiger partial charge in [0, 0.05) is 29.7 Å². The van der Waals surface area contributed by atoms with Crippen LogP contribution in [-0.2, 0) is 15.3 Å². The van der Waals surface area contributed by atoms with E-state index < -0.39 is 12.0 Å². The number of carbonyl (C=O) groups is 2. The standard InChI is InChI=1S/C18H21BrN4O6S/c1-9-21-17(29-23-9)11-8-30-7-10-12(24)5-13(27-2)16(19)15(10)18(26)28-4-3-20-6-14(25)22-11/h5,11,20,24H,3-4,6-8H2,1-2H3,(H,22,25)/t11-/m0/s1. The molecule has 12 heteroatoms. The van der Waals surface area contributed by atoms with Crippen molar-refractivity contribution in [3.05, 3.63) is 33.4 Å². The highest BCUT2D eigenvalue weighted by atomic mass is 79.9. The van der Waals surface area contributed by atoms with Crippen LogP contribution in [0.4, 0.5) is 0 Å². The third-order valence-corrected chi connectivity index (χ3v) is 6.09. The van der Waals surface area contributed by atoms with Gasteiger partial charge in [0.15, 0.2) is 5.82 Å². The molecular formula is C18H21BrN4O6S. The lowest BCUT2D eigenvalue weighted by atomic mass is 10.1. The number of benzene rings is 1. The number of carbonyl (C=O) groups excluding carboxylic acids is 2. The maximum atomic E-state index is 12.7. The van der Waals surface area contributed by atoms with Gasteiger partial charge in [0.25, 0.3) is 0 Å². The molecule has 1 atom stereocenters. The van der Waals surface area contributed by atoms with Gasteiger partial charge in [-0.25, -0.2) is 4.79 Å². The van der Waals surface area contributed by atoms with E-state index in [1.807, 2.05) is 0 Å². The highest BCUT2D eigenvalue weighted by molar-refractivity contribution is 9.10. The van der Waals surface area contributed by atoms with Crippen LogP contribution < -0.4 is 15.4 Å². The number of halogens is 1. The van der Waals surface area contributed by atoms with Crippen molar-refractivity contribution in [3.63, 3.8) is 0 Å². The summed E-state index contributed by atoms with van der Waals surface area (Å²) in [5, 5.41) is 20.1. The number of methoxy groups -OCH3 is 1. The number of thioether (sulfide) groups is 1. The molecule has 0 fully saturated rings. The molecule has 1 amide bonds. The van der Waals surface area contributed by atoms with Crippen molar-refractivity contribution in [2.24, 2.45) is 0 Å². The minimum atomic E-state index is -0.598. The largest absolute Gasteiger partial charge is 0.507 e. The van der Waals surface area contributed by atoms with E-state index in [4.69, 9.17) is 14.0 Å². The van der Waals surface area contributed by atoms with E-state index in [9.17, 15) is 14.7 Å². The van der Waals surface area contributed by atoms with Crippen LogP contribution >= 0.6 is 27.7 Å². The zero-order valence-corrected chi connectivity index (χ0v) is 18.8. The smallest absolute Gasteiger partial charge is 0.339 e. The lowest BCUT2D eigenvalue weighted by Crippen LogP contribution is -2.38. The van der Waals surface area contributed by atoms with Crippen LogP contribution in [0.25, 0.3) is 0 Å². The first kappa shape index (κ1) is 22.4. The fourth-order valence-electron chi connectivity index (χ4n) is 2.81. The first-order valence-corrected chi connectivity index (χ1v) is 11.0. The molecule has 0 saturated carbocycles. The van der Waals surface area contributed by atoms with Gasteiger partial charge in [-0.2, -0.15) is 16.7 Å². The highest BCUT2D eigenvalue weighted by Crippen LogP contribution is 2.39. The van der Waals surface area contributed by atoms with Crippen molar-refractivity contribution in [2.45, 2.75) is 18.7 Å². The summed E-state index contributed by atoms with van der Waals surface area (Å²) >= 11 is 4.76. The molecule has 0 aliphatic carbocycles. The summed E-state index contributed by atoms with van der Waals surface area (Å²) in [7, 11) is 1.44. The van der Waals surface area contributed by atoms with Gasteiger partial charge in [0.1, 0.15) is 24.1 Å². The van der Waals surface area contributed by atoms with Gasteiger partial charge in [-0.05, 0) is 22.9 Å². The van der Waals surface area contributed by atoms with Gasteiger partial charge in [-0.3, -0.25) is 4.79 Å². The van der Waals surface area contributed by atoms with Gasteiger partial charge in [0.2, 0.25) is 11.8 Å². The van der Waals surface area contributed by atoms with Crippen LogP contribution in [0.1, 0.15) is 33.7 Å². The van der Waals surface area contributed by atoms with E-state index in [-0.39, 0.29) is 42.7 Å². The molecule has 3 N–H and O–H groups in total. The van der Waals surface area contributed by atoms with E-state index >= 15 is 0 Å². The van der Waals surface area contributed by atoms with Crippen LogP contribution in [0.15, 0.2) is 15.1 Å². The van der Waals surface area contributed by atoms with Crippen molar-refractivity contribution in [2.75, 3.05) is 32.6 Å². The molecule has 0 radical (unpaired) electrons. The number of amides is 1. The average molecular weight is 501 g/mol. The van der Waals surface area contributed by atoms with Crippen LogP contribution in [-0.4, -0.2) is 59.7 Å². The summed E-state index contributed by atoms with van der Waals surface area (Å²) in [6.07, 6.45) is 0. The first-order valence-electron chi connectivity index (χ1n) is 9.04. The molecule has 3 rings (SSSR count). The van der Waals surface area contributed by atoms with E-state index in [0.717, 1.165) is 0 Å². The summed E-state index contributed by atoms with van der Waals surface area (Å²) < 4.78 is 16.2. The lowest BCUT2D eigenvalue weighted by molar-refractivity contribution is -0.121. The topological polar surface area (TPSA) is 136 Å². The van der Waals surface area contributed by atoms with Crippen molar-refractivity contribution >= 4 is 39.6 Å². The van der Waals surface area contributed by atoms with Crippen molar-refractivity contribution in [1.82, 2.24) is 20.8 Å². The summed E-state index contributed by atoms with van der Waals surface area (Å²) in [5.74, 6) is 0.785. The Morgan fingerprint density at radius 3 is 2.90 bits per heavy atom. The Morgan fingerprint density at radius 1 is 1.40 bits per heavy atom. The molecule has 0 unspecified atom stereocenters. The predicted molar refractivity (Wildman–Crippen MR) is 112 cm³/mol. The summed E-state index contributed by atoms with van der Waals surface area (Å²) in [6.45, 7) is 2.06. The van der Waals surface area contributed by atoms with Crippen molar-refractivity contribution in [3.8, 4) is 11.5 Å². The number of nitrogens with one attached hydrogen (secondary N) is 2. The molecule has 1 aliphatic heterocycles. The third kappa shape index (κ3) is 5.24. The maximum Gasteiger partial charge on any atom is 0.339 e. The number of nitrogens with zero attached hydrogens (tertiary/aromatic N) is 2. The maximum absolute atomic E-state index is 12.7. The Hall–Kier alpha value is -2.31. The van der Waals surface area contributed by atoms with Gasteiger partial charge in [0.05, 0.1) is 23.7 Å². The fourth-order valence-corrected chi connectivity index (χ4v) is 4.56. The number of rotatable bonds is 2. The molecule has 0 spiro atoms. The van der Waals surface area contributed by atoms with Crippen LogP contribution in [0.2, 0.25) is 0 Å². The zero-order chi connectivity index (χ0) is 21.7. The number of aromatic hydroxyl groups is 1. The van der Waals surface area contributed by atoms with Gasteiger partial charge < -0.3 is 29.7 Å². The molecule has 10 nitrogen and oxygen atoms in total. The summed E-state index contributed by atoms with van der Waals surface area (Å²) in [5.41, 5.74) is 0.597. The van der Waals surface area contributed by atoms with Crippen molar-refractivity contribution in [1.29, 1.82) is 0 Å². The van der Waals surface area contributed by atoms with E-state index in [1.165, 1.54) is 24.9 Å². The van der Waals surface area contributed by atoms with Gasteiger partial charge >= 0.3 is 5.97 Å². The normalized spacial score (nSPS) is 18.7. The van der Waals surface area contributed by atoms with Crippen LogP contribution in [0.5, 0.6) is 11.5 Å². The molecule has 1 aromatic carbocycles. The van der Waals surface area contributed by atoms with E-state index in [0.29, 0.717) is 33.3 Å². The second kappa shape index (κ2) is 10.1. The Bertz CT molecular complexity index is 938. The summed E-state index contributed by atoms with van der Waals surface area (Å²) in [4.78, 5) is 29.1.